The standard InChI is InChI=1S/C12H10N4O4/c17-9-7-13-11(19)15(9)5-3-1-2-4-6-16-10(18)8-14-12(16)20/h5-8H2,(H,13,19)(H,14,20). The van der Waals surface area contributed by atoms with Crippen LogP contribution in [0.2, 0.25) is 0 Å². The van der Waals surface area contributed by atoms with E-state index in [1.165, 1.54) is 0 Å². The molecule has 0 atom stereocenters. The van der Waals surface area contributed by atoms with Crippen LogP contribution < -0.4 is 10.6 Å². The molecule has 0 bridgehead atoms. The molecule has 2 aliphatic rings. The van der Waals surface area contributed by atoms with Gasteiger partial charge in [0.15, 0.2) is 0 Å². The van der Waals surface area contributed by atoms with E-state index in [-0.39, 0.29) is 38.0 Å². The van der Waals surface area contributed by atoms with E-state index in [1.807, 2.05) is 0 Å². The van der Waals surface area contributed by atoms with Crippen molar-refractivity contribution in [1.82, 2.24) is 20.4 Å². The van der Waals surface area contributed by atoms with Crippen LogP contribution in [0.5, 0.6) is 0 Å². The zero-order valence-corrected chi connectivity index (χ0v) is 10.4. The number of rotatable bonds is 2. The molecule has 0 radical (unpaired) electrons. The Balaban J connectivity index is 1.82. The lowest BCUT2D eigenvalue weighted by Gasteiger charge is -2.06. The van der Waals surface area contributed by atoms with Crippen LogP contribution in [0.4, 0.5) is 9.59 Å². The van der Waals surface area contributed by atoms with Crippen LogP contribution in [0, 0.1) is 23.7 Å². The second-order valence-corrected chi connectivity index (χ2v) is 3.88. The maximum Gasteiger partial charge on any atom is 0.325 e. The molecule has 2 saturated heterocycles. The summed E-state index contributed by atoms with van der Waals surface area (Å²) in [4.78, 5) is 46.7. The second kappa shape index (κ2) is 5.76. The van der Waals surface area contributed by atoms with Gasteiger partial charge < -0.3 is 10.6 Å². The van der Waals surface area contributed by atoms with E-state index in [1.54, 1.807) is 0 Å². The Labute approximate surface area is 114 Å². The van der Waals surface area contributed by atoms with Gasteiger partial charge in [0.05, 0.1) is 26.2 Å². The Morgan fingerprint density at radius 3 is 1.50 bits per heavy atom. The van der Waals surface area contributed by atoms with Crippen LogP contribution in [0.3, 0.4) is 0 Å². The summed E-state index contributed by atoms with van der Waals surface area (Å²) in [6, 6.07) is -0.951. The topological polar surface area (TPSA) is 98.8 Å². The summed E-state index contributed by atoms with van der Waals surface area (Å²) in [7, 11) is 0. The Bertz CT molecular complexity index is 518. The van der Waals surface area contributed by atoms with Crippen molar-refractivity contribution in [1.29, 1.82) is 0 Å². The van der Waals surface area contributed by atoms with Gasteiger partial charge in [-0.05, 0) is 11.8 Å². The highest BCUT2D eigenvalue weighted by Gasteiger charge is 2.27. The number of nitrogens with one attached hydrogen (secondary N) is 2. The molecule has 2 rings (SSSR count). The van der Waals surface area contributed by atoms with Crippen LogP contribution in [0.1, 0.15) is 0 Å². The molecule has 2 aliphatic heterocycles. The fourth-order valence-electron chi connectivity index (χ4n) is 1.56. The average molecular weight is 274 g/mol. The molecule has 20 heavy (non-hydrogen) atoms. The molecule has 0 aromatic rings. The SMILES string of the molecule is O=C1CNC(=O)N1CC#CC#CCN1C(=O)CNC1=O. The Morgan fingerprint density at radius 1 is 0.800 bits per heavy atom. The number of carbonyl (C=O) groups is 4. The van der Waals surface area contributed by atoms with Crippen molar-refractivity contribution in [2.45, 2.75) is 0 Å². The van der Waals surface area contributed by atoms with Crippen LogP contribution >= 0.6 is 0 Å². The largest absolute Gasteiger partial charge is 0.329 e. The second-order valence-electron chi connectivity index (χ2n) is 3.88. The van der Waals surface area contributed by atoms with Crippen LogP contribution in [0.25, 0.3) is 0 Å². The third-order valence-corrected chi connectivity index (χ3v) is 2.59. The van der Waals surface area contributed by atoms with Crippen molar-refractivity contribution in [2.75, 3.05) is 26.2 Å². The van der Waals surface area contributed by atoms with Gasteiger partial charge in [-0.3, -0.25) is 19.4 Å². The molecule has 2 fully saturated rings. The number of hydrogen-bond acceptors (Lipinski definition) is 4. The summed E-state index contributed by atoms with van der Waals surface area (Å²) in [5.41, 5.74) is 0. The van der Waals surface area contributed by atoms with Gasteiger partial charge in [-0.2, -0.15) is 0 Å². The minimum Gasteiger partial charge on any atom is -0.329 e. The number of nitrogens with zero attached hydrogens (tertiary/aromatic N) is 2. The fourth-order valence-corrected chi connectivity index (χ4v) is 1.56. The monoisotopic (exact) mass is 274 g/mol. The summed E-state index contributed by atoms with van der Waals surface area (Å²) < 4.78 is 0. The molecule has 2 N–H and O–H groups in total. The van der Waals surface area contributed by atoms with E-state index in [0.717, 1.165) is 9.80 Å². The number of urea groups is 2. The minimum atomic E-state index is -0.475. The molecule has 0 saturated carbocycles. The molecule has 0 aromatic heterocycles. The molecule has 0 unspecified atom stereocenters. The van der Waals surface area contributed by atoms with Crippen LogP contribution in [0.15, 0.2) is 0 Å². The number of imide groups is 2. The first-order chi connectivity index (χ1) is 9.59. The first-order valence-corrected chi connectivity index (χ1v) is 5.71. The third kappa shape index (κ3) is 2.87. The molecular weight excluding hydrogens is 264 g/mol. The first-order valence-electron chi connectivity index (χ1n) is 5.71. The van der Waals surface area contributed by atoms with Crippen molar-refractivity contribution in [3.63, 3.8) is 0 Å². The van der Waals surface area contributed by atoms with Crippen LogP contribution in [-0.4, -0.2) is 59.9 Å². The van der Waals surface area contributed by atoms with Crippen molar-refractivity contribution < 1.29 is 19.2 Å². The zero-order valence-electron chi connectivity index (χ0n) is 10.4. The first kappa shape index (κ1) is 13.4. The normalized spacial score (nSPS) is 17.2. The highest BCUT2D eigenvalue weighted by atomic mass is 16.2. The summed E-state index contributed by atoms with van der Waals surface area (Å²) in [5, 5.41) is 4.73. The van der Waals surface area contributed by atoms with Gasteiger partial charge >= 0.3 is 12.1 Å². The number of carbonyl (C=O) groups excluding carboxylic acids is 4. The predicted molar refractivity (Wildman–Crippen MR) is 65.8 cm³/mol. The van der Waals surface area contributed by atoms with Gasteiger partial charge in [-0.25, -0.2) is 9.59 Å². The van der Waals surface area contributed by atoms with Crippen molar-refractivity contribution in [3.8, 4) is 23.7 Å². The number of hydrogen-bond donors (Lipinski definition) is 2. The summed E-state index contributed by atoms with van der Waals surface area (Å²) in [6.07, 6.45) is 0. The van der Waals surface area contributed by atoms with Gasteiger partial charge in [0.1, 0.15) is 0 Å². The van der Waals surface area contributed by atoms with E-state index in [9.17, 15) is 19.2 Å². The smallest absolute Gasteiger partial charge is 0.325 e. The molecule has 0 aromatic carbocycles. The zero-order chi connectivity index (χ0) is 14.5. The lowest BCUT2D eigenvalue weighted by Crippen LogP contribution is -2.31. The molecule has 6 amide bonds. The van der Waals surface area contributed by atoms with Gasteiger partial charge in [0, 0.05) is 0 Å². The molecule has 102 valence electrons. The molecule has 0 aliphatic carbocycles. The van der Waals surface area contributed by atoms with E-state index in [4.69, 9.17) is 0 Å². The summed E-state index contributed by atoms with van der Waals surface area (Å²) in [6.45, 7) is -0.109. The highest BCUT2D eigenvalue weighted by molar-refractivity contribution is 6.02. The lowest BCUT2D eigenvalue weighted by molar-refractivity contribution is -0.125. The minimum absolute atomic E-state index is 0.0155. The van der Waals surface area contributed by atoms with Crippen LogP contribution in [-0.2, 0) is 9.59 Å². The van der Waals surface area contributed by atoms with Crippen molar-refractivity contribution in [2.24, 2.45) is 0 Å². The highest BCUT2D eigenvalue weighted by Crippen LogP contribution is 1.97. The van der Waals surface area contributed by atoms with Gasteiger partial charge in [0.2, 0.25) is 0 Å². The fraction of sp³-hybridized carbons (Fsp3) is 0.333. The maximum atomic E-state index is 11.2. The molecule has 0 spiro atoms. The average Bonchev–Trinajstić information content (AvgIpc) is 2.90. The molecular formula is C12H10N4O4. The molecule has 2 heterocycles. The van der Waals surface area contributed by atoms with E-state index < -0.39 is 12.1 Å². The Hall–Kier alpha value is -3.00. The Morgan fingerprint density at radius 2 is 1.20 bits per heavy atom. The predicted octanol–water partition coefficient (Wildman–Crippen LogP) is -1.90. The summed E-state index contributed by atoms with van der Waals surface area (Å²) >= 11 is 0. The quantitative estimate of drug-likeness (QED) is 0.454. The lowest BCUT2D eigenvalue weighted by atomic mass is 10.4. The number of amides is 6. The van der Waals surface area contributed by atoms with Gasteiger partial charge in [-0.1, -0.05) is 11.8 Å². The molecule has 8 heteroatoms. The maximum absolute atomic E-state index is 11.2. The van der Waals surface area contributed by atoms with Gasteiger partial charge in [0.25, 0.3) is 11.8 Å². The third-order valence-electron chi connectivity index (χ3n) is 2.59. The van der Waals surface area contributed by atoms with Crippen molar-refractivity contribution in [3.05, 3.63) is 0 Å². The van der Waals surface area contributed by atoms with Gasteiger partial charge in [-0.15, -0.1) is 0 Å². The Kier molecular flexibility index (Phi) is 3.87. The summed E-state index contributed by atoms with van der Waals surface area (Å²) in [5.74, 6) is 9.34. The van der Waals surface area contributed by atoms with E-state index in [2.05, 4.69) is 34.3 Å². The van der Waals surface area contributed by atoms with E-state index in [0.29, 0.717) is 0 Å². The van der Waals surface area contributed by atoms with E-state index >= 15 is 0 Å². The van der Waals surface area contributed by atoms with Crippen molar-refractivity contribution >= 4 is 23.9 Å². The molecule has 8 nitrogen and oxygen atoms in total.